The number of aromatic nitrogens is 2. The van der Waals surface area contributed by atoms with Crippen molar-refractivity contribution in [2.75, 3.05) is 6.54 Å². The average Bonchev–Trinajstić information content (AvgIpc) is 2.47. The first kappa shape index (κ1) is 15.0. The quantitative estimate of drug-likeness (QED) is 0.842. The number of benzene rings is 1. The Morgan fingerprint density at radius 2 is 2.23 bits per heavy atom. The van der Waals surface area contributed by atoms with Crippen LogP contribution in [0.3, 0.4) is 0 Å². The van der Waals surface area contributed by atoms with E-state index in [0.29, 0.717) is 30.3 Å². The third-order valence-corrected chi connectivity index (χ3v) is 4.73. The van der Waals surface area contributed by atoms with Gasteiger partial charge in [0.05, 0.1) is 17.2 Å². The zero-order valence-corrected chi connectivity index (χ0v) is 13.7. The first-order chi connectivity index (χ1) is 10.5. The van der Waals surface area contributed by atoms with Crippen molar-refractivity contribution >= 4 is 32.9 Å². The van der Waals surface area contributed by atoms with E-state index in [0.717, 1.165) is 4.47 Å². The second kappa shape index (κ2) is 5.72. The van der Waals surface area contributed by atoms with Gasteiger partial charge in [-0.25, -0.2) is 9.78 Å². The van der Waals surface area contributed by atoms with E-state index in [1.54, 1.807) is 17.0 Å². The van der Waals surface area contributed by atoms with E-state index in [1.807, 2.05) is 19.1 Å². The summed E-state index contributed by atoms with van der Waals surface area (Å²) in [6.07, 6.45) is 1.92. The molecule has 1 fully saturated rings. The van der Waals surface area contributed by atoms with Crippen LogP contribution in [0.1, 0.15) is 25.8 Å². The molecular formula is C15H16BrN3O3. The minimum absolute atomic E-state index is 0.0151. The Balaban J connectivity index is 1.95. The Morgan fingerprint density at radius 3 is 2.91 bits per heavy atom. The molecule has 22 heavy (non-hydrogen) atoms. The normalized spacial score (nSPS) is 22.0. The van der Waals surface area contributed by atoms with Crippen LogP contribution in [0.2, 0.25) is 0 Å². The topological polar surface area (TPSA) is 75.4 Å². The molecule has 0 radical (unpaired) electrons. The van der Waals surface area contributed by atoms with Crippen LogP contribution in [0.5, 0.6) is 0 Å². The maximum atomic E-state index is 12.6. The van der Waals surface area contributed by atoms with E-state index in [-0.39, 0.29) is 17.6 Å². The molecular weight excluding hydrogens is 350 g/mol. The van der Waals surface area contributed by atoms with Crippen molar-refractivity contribution in [2.24, 2.45) is 0 Å². The molecule has 1 aromatic carbocycles. The van der Waals surface area contributed by atoms with Gasteiger partial charge in [0.15, 0.2) is 0 Å². The van der Waals surface area contributed by atoms with Crippen molar-refractivity contribution in [3.8, 4) is 0 Å². The predicted octanol–water partition coefficient (Wildman–Crippen LogP) is 2.86. The Kier molecular flexibility index (Phi) is 3.90. The van der Waals surface area contributed by atoms with Gasteiger partial charge in [-0.05, 0) is 38.0 Å². The number of carbonyl (C=O) groups is 1. The van der Waals surface area contributed by atoms with E-state index < -0.39 is 6.09 Å². The number of amides is 1. The summed E-state index contributed by atoms with van der Waals surface area (Å²) in [5, 5.41) is 9.71. The van der Waals surface area contributed by atoms with Crippen molar-refractivity contribution in [2.45, 2.75) is 31.8 Å². The fraction of sp³-hybridized carbons (Fsp3) is 0.400. The monoisotopic (exact) mass is 365 g/mol. The van der Waals surface area contributed by atoms with Gasteiger partial charge < -0.3 is 10.0 Å². The highest BCUT2D eigenvalue weighted by atomic mass is 79.9. The lowest BCUT2D eigenvalue weighted by Gasteiger charge is -2.36. The van der Waals surface area contributed by atoms with Gasteiger partial charge >= 0.3 is 6.09 Å². The van der Waals surface area contributed by atoms with Gasteiger partial charge in [-0.15, -0.1) is 0 Å². The number of likely N-dealkylation sites (tertiary alicyclic amines) is 1. The van der Waals surface area contributed by atoms with Crippen LogP contribution in [0.15, 0.2) is 33.8 Å². The van der Waals surface area contributed by atoms with Crippen molar-refractivity contribution < 1.29 is 9.90 Å². The van der Waals surface area contributed by atoms with Gasteiger partial charge in [0.2, 0.25) is 0 Å². The third-order valence-electron chi connectivity index (χ3n) is 4.23. The predicted molar refractivity (Wildman–Crippen MR) is 86.2 cm³/mol. The molecule has 0 spiro atoms. The number of hydrogen-bond acceptors (Lipinski definition) is 3. The van der Waals surface area contributed by atoms with E-state index in [4.69, 9.17) is 5.11 Å². The zero-order valence-electron chi connectivity index (χ0n) is 12.1. The van der Waals surface area contributed by atoms with Crippen molar-refractivity contribution in [3.63, 3.8) is 0 Å². The van der Waals surface area contributed by atoms with Crippen LogP contribution in [-0.4, -0.2) is 38.2 Å². The van der Waals surface area contributed by atoms with Gasteiger partial charge in [-0.3, -0.25) is 9.36 Å². The summed E-state index contributed by atoms with van der Waals surface area (Å²) in [6.45, 7) is 2.31. The number of carboxylic acid groups (broad SMARTS) is 1. The molecule has 2 atom stereocenters. The Bertz CT molecular complexity index is 789. The van der Waals surface area contributed by atoms with E-state index in [1.165, 1.54) is 4.90 Å². The first-order valence-electron chi connectivity index (χ1n) is 7.13. The van der Waals surface area contributed by atoms with Gasteiger partial charge in [0.1, 0.15) is 0 Å². The zero-order chi connectivity index (χ0) is 15.9. The molecule has 1 aliphatic heterocycles. The maximum absolute atomic E-state index is 12.6. The fourth-order valence-corrected chi connectivity index (χ4v) is 3.40. The number of fused-ring (bicyclic) bond motifs is 1. The number of nitrogens with zero attached hydrogens (tertiary/aromatic N) is 3. The highest BCUT2D eigenvalue weighted by Crippen LogP contribution is 2.26. The molecule has 0 unspecified atom stereocenters. The lowest BCUT2D eigenvalue weighted by atomic mass is 9.98. The van der Waals surface area contributed by atoms with Gasteiger partial charge in [0, 0.05) is 23.1 Å². The van der Waals surface area contributed by atoms with E-state index >= 15 is 0 Å². The van der Waals surface area contributed by atoms with Crippen LogP contribution in [0.25, 0.3) is 10.9 Å². The summed E-state index contributed by atoms with van der Waals surface area (Å²) in [7, 11) is 0. The molecule has 2 heterocycles. The minimum atomic E-state index is -0.903. The van der Waals surface area contributed by atoms with Crippen molar-refractivity contribution in [3.05, 3.63) is 39.4 Å². The minimum Gasteiger partial charge on any atom is -0.465 e. The molecule has 1 saturated heterocycles. The van der Waals surface area contributed by atoms with Crippen LogP contribution < -0.4 is 5.56 Å². The molecule has 2 aromatic rings. The van der Waals surface area contributed by atoms with Gasteiger partial charge in [-0.1, -0.05) is 15.9 Å². The Labute approximate surface area is 135 Å². The number of halogens is 1. The smallest absolute Gasteiger partial charge is 0.407 e. The molecule has 0 bridgehead atoms. The van der Waals surface area contributed by atoms with Crippen LogP contribution in [-0.2, 0) is 0 Å². The molecule has 0 aliphatic carbocycles. The van der Waals surface area contributed by atoms with E-state index in [2.05, 4.69) is 20.9 Å². The summed E-state index contributed by atoms with van der Waals surface area (Å²) < 4.78 is 2.53. The Hall–Kier alpha value is -1.89. The maximum Gasteiger partial charge on any atom is 0.407 e. The summed E-state index contributed by atoms with van der Waals surface area (Å²) in [4.78, 5) is 29.5. The highest BCUT2D eigenvalue weighted by Gasteiger charge is 2.30. The number of rotatable bonds is 1. The molecule has 6 nitrogen and oxygen atoms in total. The molecule has 7 heteroatoms. The van der Waals surface area contributed by atoms with Crippen molar-refractivity contribution in [1.82, 2.24) is 14.5 Å². The first-order valence-corrected chi connectivity index (χ1v) is 7.92. The van der Waals surface area contributed by atoms with Gasteiger partial charge in [-0.2, -0.15) is 0 Å². The molecule has 116 valence electrons. The summed E-state index contributed by atoms with van der Waals surface area (Å²) >= 11 is 3.37. The second-order valence-electron chi connectivity index (χ2n) is 5.62. The number of piperidine rings is 1. The van der Waals surface area contributed by atoms with E-state index in [9.17, 15) is 9.59 Å². The Morgan fingerprint density at radius 1 is 1.45 bits per heavy atom. The van der Waals surface area contributed by atoms with Crippen molar-refractivity contribution in [1.29, 1.82) is 0 Å². The number of hydrogen-bond donors (Lipinski definition) is 1. The molecule has 1 aromatic heterocycles. The molecule has 0 saturated carbocycles. The lowest BCUT2D eigenvalue weighted by Crippen LogP contribution is -2.45. The standard InChI is InChI=1S/C15H16BrN3O3/c1-9-6-11(4-5-18(9)15(21)22)19-8-17-13-7-10(16)2-3-12(13)14(19)20/h2-3,7-9,11H,4-6H2,1H3,(H,21,22)/t9-,11-/m1/s1. The van der Waals surface area contributed by atoms with Crippen LogP contribution in [0, 0.1) is 0 Å². The highest BCUT2D eigenvalue weighted by molar-refractivity contribution is 9.10. The summed E-state index contributed by atoms with van der Waals surface area (Å²) in [5.41, 5.74) is 0.588. The SMILES string of the molecule is C[C@@H]1C[C@H](n2cnc3cc(Br)ccc3c2=O)CCN1C(=O)O. The summed E-state index contributed by atoms with van der Waals surface area (Å²) in [6, 6.07) is 5.28. The average molecular weight is 366 g/mol. The largest absolute Gasteiger partial charge is 0.465 e. The third kappa shape index (κ3) is 2.61. The van der Waals surface area contributed by atoms with Crippen LogP contribution >= 0.6 is 15.9 Å². The summed E-state index contributed by atoms with van der Waals surface area (Å²) in [5.74, 6) is 0. The second-order valence-corrected chi connectivity index (χ2v) is 6.54. The molecule has 1 aliphatic rings. The molecule has 1 amide bonds. The van der Waals surface area contributed by atoms with Gasteiger partial charge in [0.25, 0.3) is 5.56 Å². The fourth-order valence-electron chi connectivity index (χ4n) is 3.05. The molecule has 1 N–H and O–H groups in total. The lowest BCUT2D eigenvalue weighted by molar-refractivity contribution is 0.0971. The van der Waals surface area contributed by atoms with Crippen LogP contribution in [0.4, 0.5) is 4.79 Å². The molecule has 3 rings (SSSR count).